The van der Waals surface area contributed by atoms with Crippen molar-refractivity contribution < 1.29 is 19.1 Å². The fraction of sp³-hybridized carbons (Fsp3) is 0.714. The van der Waals surface area contributed by atoms with Gasteiger partial charge in [-0.05, 0) is 0 Å². The summed E-state index contributed by atoms with van der Waals surface area (Å²) in [5, 5.41) is 0. The molecule has 0 spiro atoms. The maximum atomic E-state index is 10.7. The Hall–Kier alpha value is -0.900. The van der Waals surface area contributed by atoms with Gasteiger partial charge >= 0.3 is 11.9 Å². The van der Waals surface area contributed by atoms with Crippen LogP contribution in [0.5, 0.6) is 0 Å². The number of methoxy groups -OCH3 is 1. The largest absolute Gasteiger partial charge is 0.393 e. The van der Waals surface area contributed by atoms with Crippen LogP contribution in [-0.4, -0.2) is 25.7 Å². The van der Waals surface area contributed by atoms with E-state index in [4.69, 9.17) is 4.74 Å². The molecule has 1 aliphatic rings. The first-order valence-electron chi connectivity index (χ1n) is 3.45. The van der Waals surface area contributed by atoms with Gasteiger partial charge in [-0.1, -0.05) is 0 Å². The maximum absolute atomic E-state index is 10.7. The highest BCUT2D eigenvalue weighted by atomic mass is 16.6. The number of carbonyl (C=O) groups excluding carboxylic acids is 2. The molecular formula is C7H10O4. The van der Waals surface area contributed by atoms with Gasteiger partial charge in [0.25, 0.3) is 0 Å². The summed E-state index contributed by atoms with van der Waals surface area (Å²) in [5.74, 6) is -0.875. The Kier molecular flexibility index (Phi) is 2.59. The van der Waals surface area contributed by atoms with E-state index in [0.717, 1.165) is 0 Å². The monoisotopic (exact) mass is 158 g/mol. The van der Waals surface area contributed by atoms with Crippen LogP contribution < -0.4 is 0 Å². The third-order valence-electron chi connectivity index (χ3n) is 1.54. The van der Waals surface area contributed by atoms with Gasteiger partial charge in [0, 0.05) is 13.0 Å². The minimum absolute atomic E-state index is 0.00810. The molecule has 0 N–H and O–H groups in total. The summed E-state index contributed by atoms with van der Waals surface area (Å²) in [4.78, 5) is 21.3. The zero-order valence-electron chi connectivity index (χ0n) is 6.33. The molecular weight excluding hydrogens is 148 g/mol. The third kappa shape index (κ3) is 2.31. The molecule has 0 aromatic heterocycles. The summed E-state index contributed by atoms with van der Waals surface area (Å²) < 4.78 is 9.15. The van der Waals surface area contributed by atoms with Crippen molar-refractivity contribution in [3.05, 3.63) is 0 Å². The van der Waals surface area contributed by atoms with Gasteiger partial charge in [0.15, 0.2) is 0 Å². The lowest BCUT2D eigenvalue weighted by atomic mass is 10.0. The maximum Gasteiger partial charge on any atom is 0.313 e. The number of carbonyl (C=O) groups is 2. The Balaban J connectivity index is 2.43. The Bertz CT molecular complexity index is 159. The highest BCUT2D eigenvalue weighted by Gasteiger charge is 2.26. The van der Waals surface area contributed by atoms with Crippen LogP contribution in [0.3, 0.4) is 0 Å². The van der Waals surface area contributed by atoms with Crippen molar-refractivity contribution >= 4 is 11.9 Å². The van der Waals surface area contributed by atoms with E-state index in [1.807, 2.05) is 0 Å². The van der Waals surface area contributed by atoms with Crippen LogP contribution in [0, 0.1) is 5.92 Å². The second kappa shape index (κ2) is 3.48. The fourth-order valence-corrected chi connectivity index (χ4v) is 1.11. The summed E-state index contributed by atoms with van der Waals surface area (Å²) in [6.07, 6.45) is 0.582. The molecule has 1 aliphatic heterocycles. The second-order valence-electron chi connectivity index (χ2n) is 2.58. The van der Waals surface area contributed by atoms with Gasteiger partial charge in [-0.15, -0.1) is 0 Å². The van der Waals surface area contributed by atoms with E-state index in [2.05, 4.69) is 4.74 Å². The molecule has 4 nitrogen and oxygen atoms in total. The minimum atomic E-state index is -0.441. The van der Waals surface area contributed by atoms with E-state index < -0.39 is 11.9 Å². The van der Waals surface area contributed by atoms with Gasteiger partial charge in [0.05, 0.1) is 19.4 Å². The van der Waals surface area contributed by atoms with Crippen molar-refractivity contribution in [3.8, 4) is 0 Å². The second-order valence-corrected chi connectivity index (χ2v) is 2.58. The van der Waals surface area contributed by atoms with E-state index in [1.54, 1.807) is 7.11 Å². The molecule has 0 aromatic carbocycles. The molecule has 0 saturated carbocycles. The standard InChI is InChI=1S/C7H10O4/c1-10-4-5-2-6(8)11-7(9)3-5/h5H,2-4H2,1H3. The van der Waals surface area contributed by atoms with Crippen LogP contribution in [0.4, 0.5) is 0 Å². The van der Waals surface area contributed by atoms with Crippen molar-refractivity contribution in [3.63, 3.8) is 0 Å². The van der Waals surface area contributed by atoms with Gasteiger partial charge in [0.2, 0.25) is 0 Å². The minimum Gasteiger partial charge on any atom is -0.393 e. The molecule has 0 radical (unpaired) electrons. The van der Waals surface area contributed by atoms with Gasteiger partial charge in [0.1, 0.15) is 0 Å². The van der Waals surface area contributed by atoms with Crippen LogP contribution in [0.15, 0.2) is 0 Å². The molecule has 1 heterocycles. The van der Waals surface area contributed by atoms with Crippen molar-refractivity contribution in [1.82, 2.24) is 0 Å². The average Bonchev–Trinajstić information content (AvgIpc) is 1.85. The molecule has 0 atom stereocenters. The fourth-order valence-electron chi connectivity index (χ4n) is 1.11. The Labute approximate surface area is 64.5 Å². The van der Waals surface area contributed by atoms with Crippen LogP contribution in [0.1, 0.15) is 12.8 Å². The molecule has 1 fully saturated rings. The zero-order chi connectivity index (χ0) is 8.27. The topological polar surface area (TPSA) is 52.6 Å². The van der Waals surface area contributed by atoms with Crippen molar-refractivity contribution in [2.24, 2.45) is 5.92 Å². The lowest BCUT2D eigenvalue weighted by molar-refractivity contribution is -0.166. The number of hydrogen-bond donors (Lipinski definition) is 0. The number of esters is 2. The Morgan fingerprint density at radius 2 is 2.00 bits per heavy atom. The van der Waals surface area contributed by atoms with E-state index in [9.17, 15) is 9.59 Å². The SMILES string of the molecule is COCC1CC(=O)OC(=O)C1. The first kappa shape index (κ1) is 8.20. The highest BCUT2D eigenvalue weighted by Crippen LogP contribution is 2.16. The van der Waals surface area contributed by atoms with Gasteiger partial charge in [-0.25, -0.2) is 0 Å². The third-order valence-corrected chi connectivity index (χ3v) is 1.54. The van der Waals surface area contributed by atoms with Crippen molar-refractivity contribution in [2.45, 2.75) is 12.8 Å². The zero-order valence-corrected chi connectivity index (χ0v) is 6.33. The molecule has 1 rings (SSSR count). The molecule has 11 heavy (non-hydrogen) atoms. The molecule has 0 aromatic rings. The van der Waals surface area contributed by atoms with E-state index in [1.165, 1.54) is 0 Å². The van der Waals surface area contributed by atoms with Crippen molar-refractivity contribution in [2.75, 3.05) is 13.7 Å². The van der Waals surface area contributed by atoms with Crippen LogP contribution in [-0.2, 0) is 19.1 Å². The highest BCUT2D eigenvalue weighted by molar-refractivity contribution is 5.88. The van der Waals surface area contributed by atoms with Crippen molar-refractivity contribution in [1.29, 1.82) is 0 Å². The molecule has 0 aliphatic carbocycles. The predicted octanol–water partition coefficient (Wildman–Crippen LogP) is 0.113. The summed E-state index contributed by atoms with van der Waals surface area (Å²) in [7, 11) is 1.55. The molecule has 4 heteroatoms. The molecule has 0 unspecified atom stereocenters. The number of cyclic esters (lactones) is 2. The Morgan fingerprint density at radius 1 is 1.45 bits per heavy atom. The number of hydrogen-bond acceptors (Lipinski definition) is 4. The summed E-state index contributed by atoms with van der Waals surface area (Å²) in [5.41, 5.74) is 0. The lowest BCUT2D eigenvalue weighted by Crippen LogP contribution is -2.27. The van der Waals surface area contributed by atoms with Crippen LogP contribution in [0.25, 0.3) is 0 Å². The quantitative estimate of drug-likeness (QED) is 0.423. The summed E-state index contributed by atoms with van der Waals surface area (Å²) in [6, 6.07) is 0. The number of rotatable bonds is 2. The Morgan fingerprint density at radius 3 is 2.45 bits per heavy atom. The van der Waals surface area contributed by atoms with E-state index >= 15 is 0 Å². The molecule has 62 valence electrons. The number of ether oxygens (including phenoxy) is 2. The predicted molar refractivity (Wildman–Crippen MR) is 35.7 cm³/mol. The summed E-state index contributed by atoms with van der Waals surface area (Å²) >= 11 is 0. The molecule has 0 bridgehead atoms. The van der Waals surface area contributed by atoms with E-state index in [-0.39, 0.29) is 5.92 Å². The molecule has 1 saturated heterocycles. The van der Waals surface area contributed by atoms with Crippen LogP contribution in [0.2, 0.25) is 0 Å². The molecule has 0 amide bonds. The van der Waals surface area contributed by atoms with Gasteiger partial charge < -0.3 is 9.47 Å². The summed E-state index contributed by atoms with van der Waals surface area (Å²) in [6.45, 7) is 0.445. The van der Waals surface area contributed by atoms with Crippen LogP contribution >= 0.6 is 0 Å². The first-order chi connectivity index (χ1) is 5.22. The van der Waals surface area contributed by atoms with Gasteiger partial charge in [-0.3, -0.25) is 9.59 Å². The lowest BCUT2D eigenvalue weighted by Gasteiger charge is -2.18. The normalized spacial score (nSPS) is 20.1. The van der Waals surface area contributed by atoms with Gasteiger partial charge in [-0.2, -0.15) is 0 Å². The van der Waals surface area contributed by atoms with E-state index in [0.29, 0.717) is 19.4 Å². The average molecular weight is 158 g/mol. The smallest absolute Gasteiger partial charge is 0.313 e. The first-order valence-corrected chi connectivity index (χ1v) is 3.45.